The Morgan fingerprint density at radius 1 is 1.00 bits per heavy atom. The highest BCUT2D eigenvalue weighted by molar-refractivity contribution is 5.86. The van der Waals surface area contributed by atoms with Crippen molar-refractivity contribution >= 4 is 12.0 Å². The first-order chi connectivity index (χ1) is 15.3. The van der Waals surface area contributed by atoms with Crippen molar-refractivity contribution in [2.24, 2.45) is 5.11 Å². The molecule has 0 saturated carbocycles. The van der Waals surface area contributed by atoms with Crippen molar-refractivity contribution in [1.82, 2.24) is 10.6 Å². The molecule has 0 unspecified atom stereocenters. The number of alkyl carbamates (subject to hydrolysis) is 1. The van der Waals surface area contributed by atoms with Crippen LogP contribution in [0.3, 0.4) is 0 Å². The molecule has 1 aromatic rings. The van der Waals surface area contributed by atoms with Crippen molar-refractivity contribution in [2.75, 3.05) is 52.7 Å². The molecule has 2 N–H and O–H groups in total. The number of hydrogen-bond donors (Lipinski definition) is 2. The third kappa shape index (κ3) is 13.5. The lowest BCUT2D eigenvalue weighted by atomic mass is 10.1. The molecule has 0 aliphatic heterocycles. The van der Waals surface area contributed by atoms with Gasteiger partial charge in [0.05, 0.1) is 39.6 Å². The fourth-order valence-electron chi connectivity index (χ4n) is 2.41. The molecule has 11 heteroatoms. The van der Waals surface area contributed by atoms with Gasteiger partial charge in [0, 0.05) is 18.0 Å². The maximum absolute atomic E-state index is 12.6. The molecule has 1 atom stereocenters. The zero-order valence-corrected chi connectivity index (χ0v) is 18.9. The van der Waals surface area contributed by atoms with Gasteiger partial charge in [0.1, 0.15) is 11.6 Å². The Balaban J connectivity index is 2.27. The standard InChI is InChI=1S/C21H33N5O6/c1-21(2,3)32-20(28)25-18(17-7-5-4-6-8-17)19(27)23-9-11-29-13-15-31-16-14-30-12-10-24-26-22/h4-8,18H,9-16H2,1-3H3,(H,23,27)(H,25,28)/t18-/m0/s1. The molecule has 2 amide bonds. The van der Waals surface area contributed by atoms with Crippen molar-refractivity contribution in [3.8, 4) is 0 Å². The van der Waals surface area contributed by atoms with E-state index in [0.717, 1.165) is 0 Å². The van der Waals surface area contributed by atoms with Crippen molar-refractivity contribution in [3.63, 3.8) is 0 Å². The lowest BCUT2D eigenvalue weighted by molar-refractivity contribution is -0.123. The molecule has 178 valence electrons. The SMILES string of the molecule is CC(C)(C)OC(=O)N[C@H](C(=O)NCCOCCOCCOCCN=[N+]=[N-])c1ccccc1. The van der Waals surface area contributed by atoms with Crippen LogP contribution in [0.5, 0.6) is 0 Å². The average molecular weight is 452 g/mol. The second-order valence-electron chi connectivity index (χ2n) is 7.57. The van der Waals surface area contributed by atoms with E-state index in [2.05, 4.69) is 20.7 Å². The second-order valence-corrected chi connectivity index (χ2v) is 7.57. The van der Waals surface area contributed by atoms with Crippen LogP contribution in [0.2, 0.25) is 0 Å². The minimum atomic E-state index is -0.881. The number of hydrogen-bond acceptors (Lipinski definition) is 7. The van der Waals surface area contributed by atoms with Crippen molar-refractivity contribution in [2.45, 2.75) is 32.4 Å². The van der Waals surface area contributed by atoms with Crippen molar-refractivity contribution in [1.29, 1.82) is 0 Å². The van der Waals surface area contributed by atoms with E-state index in [1.54, 1.807) is 45.0 Å². The largest absolute Gasteiger partial charge is 0.444 e. The fraction of sp³-hybridized carbons (Fsp3) is 0.619. The molecule has 0 fully saturated rings. The molecule has 1 rings (SSSR count). The van der Waals surface area contributed by atoms with Crippen LogP contribution < -0.4 is 10.6 Å². The molecule has 0 bridgehead atoms. The predicted octanol–water partition coefficient (Wildman–Crippen LogP) is 2.73. The molecule has 0 spiro atoms. The number of ether oxygens (including phenoxy) is 4. The summed E-state index contributed by atoms with van der Waals surface area (Å²) in [5.41, 5.74) is 8.10. The minimum absolute atomic E-state index is 0.278. The van der Waals surface area contributed by atoms with Gasteiger partial charge in [0.15, 0.2) is 0 Å². The van der Waals surface area contributed by atoms with Crippen LogP contribution in [-0.2, 0) is 23.7 Å². The molecule has 0 heterocycles. The predicted molar refractivity (Wildman–Crippen MR) is 118 cm³/mol. The Morgan fingerprint density at radius 3 is 2.19 bits per heavy atom. The summed E-state index contributed by atoms with van der Waals surface area (Å²) in [5, 5.41) is 8.73. The molecule has 0 aliphatic rings. The summed E-state index contributed by atoms with van der Waals surface area (Å²) in [4.78, 5) is 27.4. The van der Waals surface area contributed by atoms with E-state index in [-0.39, 0.29) is 12.5 Å². The van der Waals surface area contributed by atoms with Crippen LogP contribution in [0.15, 0.2) is 35.4 Å². The summed E-state index contributed by atoms with van der Waals surface area (Å²) in [6.45, 7) is 8.06. The Bertz CT molecular complexity index is 719. The van der Waals surface area contributed by atoms with E-state index in [0.29, 0.717) is 51.7 Å². The van der Waals surface area contributed by atoms with Gasteiger partial charge < -0.3 is 29.6 Å². The number of carbonyl (C=O) groups is 2. The maximum atomic E-state index is 12.6. The average Bonchev–Trinajstić information content (AvgIpc) is 2.74. The Kier molecular flexibility index (Phi) is 13.5. The number of rotatable bonds is 15. The lowest BCUT2D eigenvalue weighted by Crippen LogP contribution is -2.43. The molecule has 0 aromatic heterocycles. The number of benzene rings is 1. The van der Waals surface area contributed by atoms with Crippen LogP contribution >= 0.6 is 0 Å². The summed E-state index contributed by atoms with van der Waals surface area (Å²) in [6, 6.07) is 8.05. The first-order valence-corrected chi connectivity index (χ1v) is 10.4. The van der Waals surface area contributed by atoms with E-state index in [1.807, 2.05) is 6.07 Å². The summed E-state index contributed by atoms with van der Waals surface area (Å²) < 4.78 is 21.2. The van der Waals surface area contributed by atoms with Gasteiger partial charge in [-0.05, 0) is 31.9 Å². The monoisotopic (exact) mass is 451 g/mol. The van der Waals surface area contributed by atoms with Crippen molar-refractivity contribution < 1.29 is 28.5 Å². The van der Waals surface area contributed by atoms with Crippen LogP contribution in [0.25, 0.3) is 10.4 Å². The van der Waals surface area contributed by atoms with Gasteiger partial charge in [-0.1, -0.05) is 35.4 Å². The Labute approximate surface area is 188 Å². The van der Waals surface area contributed by atoms with E-state index in [4.69, 9.17) is 24.5 Å². The van der Waals surface area contributed by atoms with Crippen LogP contribution in [0, 0.1) is 0 Å². The molecular formula is C21H33N5O6. The number of carbonyl (C=O) groups excluding carboxylic acids is 2. The second kappa shape index (κ2) is 15.9. The first kappa shape index (κ1) is 27.2. The molecule has 11 nitrogen and oxygen atoms in total. The highest BCUT2D eigenvalue weighted by Crippen LogP contribution is 2.14. The number of nitrogens with one attached hydrogen (secondary N) is 2. The highest BCUT2D eigenvalue weighted by atomic mass is 16.6. The van der Waals surface area contributed by atoms with Gasteiger partial charge in [0.2, 0.25) is 5.91 Å². The van der Waals surface area contributed by atoms with Gasteiger partial charge in [-0.2, -0.15) is 0 Å². The number of nitrogens with zero attached hydrogens (tertiary/aromatic N) is 3. The first-order valence-electron chi connectivity index (χ1n) is 10.4. The van der Waals surface area contributed by atoms with Gasteiger partial charge in [-0.15, -0.1) is 0 Å². The van der Waals surface area contributed by atoms with Crippen LogP contribution in [-0.4, -0.2) is 70.3 Å². The normalized spacial score (nSPS) is 11.8. The molecular weight excluding hydrogens is 418 g/mol. The summed E-state index contributed by atoms with van der Waals surface area (Å²) in [6.07, 6.45) is -0.670. The molecule has 1 aromatic carbocycles. The lowest BCUT2D eigenvalue weighted by Gasteiger charge is -2.23. The number of amides is 2. The van der Waals surface area contributed by atoms with Crippen LogP contribution in [0.1, 0.15) is 32.4 Å². The smallest absolute Gasteiger partial charge is 0.408 e. The molecule has 0 aliphatic carbocycles. The zero-order chi connectivity index (χ0) is 23.7. The third-order valence-corrected chi connectivity index (χ3v) is 3.74. The molecule has 0 radical (unpaired) electrons. The van der Waals surface area contributed by atoms with E-state index >= 15 is 0 Å². The van der Waals surface area contributed by atoms with E-state index < -0.39 is 17.7 Å². The van der Waals surface area contributed by atoms with Gasteiger partial charge in [-0.25, -0.2) is 4.79 Å². The minimum Gasteiger partial charge on any atom is -0.444 e. The summed E-state index contributed by atoms with van der Waals surface area (Å²) >= 11 is 0. The molecule has 0 saturated heterocycles. The maximum Gasteiger partial charge on any atom is 0.408 e. The summed E-state index contributed by atoms with van der Waals surface area (Å²) in [7, 11) is 0. The van der Waals surface area contributed by atoms with Gasteiger partial charge >= 0.3 is 6.09 Å². The zero-order valence-electron chi connectivity index (χ0n) is 18.9. The molecule has 32 heavy (non-hydrogen) atoms. The number of azide groups is 1. The Morgan fingerprint density at radius 2 is 1.59 bits per heavy atom. The van der Waals surface area contributed by atoms with E-state index in [1.165, 1.54) is 0 Å². The van der Waals surface area contributed by atoms with E-state index in [9.17, 15) is 9.59 Å². The van der Waals surface area contributed by atoms with Crippen molar-refractivity contribution in [3.05, 3.63) is 46.3 Å². The topological polar surface area (TPSA) is 144 Å². The van der Waals surface area contributed by atoms with Gasteiger partial charge in [-0.3, -0.25) is 4.79 Å². The quantitative estimate of drug-likeness (QED) is 0.182. The van der Waals surface area contributed by atoms with Gasteiger partial charge in [0.25, 0.3) is 0 Å². The summed E-state index contributed by atoms with van der Waals surface area (Å²) in [5.74, 6) is -0.361. The highest BCUT2D eigenvalue weighted by Gasteiger charge is 2.25. The Hall–Kier alpha value is -2.85. The third-order valence-electron chi connectivity index (χ3n) is 3.74. The fourth-order valence-corrected chi connectivity index (χ4v) is 2.41. The van der Waals surface area contributed by atoms with Crippen LogP contribution in [0.4, 0.5) is 4.79 Å².